The largest absolute Gasteiger partial charge is 0.453 e. The van der Waals surface area contributed by atoms with Gasteiger partial charge in [0.25, 0.3) is 0 Å². The number of nitrogen functional groups attached to an aromatic ring is 1. The molecule has 1 aliphatic heterocycles. The lowest BCUT2D eigenvalue weighted by atomic mass is 9.91. The van der Waals surface area contributed by atoms with Gasteiger partial charge >= 0.3 is 6.09 Å². The molecule has 0 saturated carbocycles. The molecule has 2 aliphatic rings. The van der Waals surface area contributed by atoms with Crippen LogP contribution in [-0.4, -0.2) is 65.2 Å². The topological polar surface area (TPSA) is 84.6 Å². The number of hydrogen-bond donors (Lipinski definition) is 1. The zero-order valence-electron chi connectivity index (χ0n) is 16.0. The van der Waals surface area contributed by atoms with Gasteiger partial charge in [0.1, 0.15) is 0 Å². The van der Waals surface area contributed by atoms with Crippen LogP contribution in [-0.2, 0) is 17.6 Å². The smallest absolute Gasteiger partial charge is 0.409 e. The second kappa shape index (κ2) is 8.66. The third kappa shape index (κ3) is 4.44. The van der Waals surface area contributed by atoms with Crippen molar-refractivity contribution in [1.29, 1.82) is 0 Å². The molecule has 3 rings (SSSR count). The fourth-order valence-corrected chi connectivity index (χ4v) is 4.36. The monoisotopic (exact) mass is 361 g/mol. The van der Waals surface area contributed by atoms with Crippen LogP contribution in [0.3, 0.4) is 0 Å². The molecule has 2 heterocycles. The fraction of sp³-hybridized carbons (Fsp3) is 0.737. The van der Waals surface area contributed by atoms with E-state index in [4.69, 9.17) is 10.5 Å². The first-order valence-corrected chi connectivity index (χ1v) is 9.78. The molecule has 0 bridgehead atoms. The molecule has 2 N–H and O–H groups in total. The van der Waals surface area contributed by atoms with E-state index >= 15 is 0 Å². The Morgan fingerprint density at radius 1 is 1.46 bits per heavy atom. The van der Waals surface area contributed by atoms with Gasteiger partial charge in [-0.05, 0) is 63.1 Å². The lowest BCUT2D eigenvalue weighted by Crippen LogP contribution is -2.40. The predicted molar refractivity (Wildman–Crippen MR) is 101 cm³/mol. The molecule has 1 fully saturated rings. The van der Waals surface area contributed by atoms with Crippen LogP contribution in [0.25, 0.3) is 0 Å². The van der Waals surface area contributed by atoms with Gasteiger partial charge in [-0.15, -0.1) is 0 Å². The second-order valence-electron chi connectivity index (χ2n) is 7.44. The van der Waals surface area contributed by atoms with Crippen LogP contribution in [0.5, 0.6) is 0 Å². The van der Waals surface area contributed by atoms with Gasteiger partial charge in [0.2, 0.25) is 5.95 Å². The summed E-state index contributed by atoms with van der Waals surface area (Å²) >= 11 is 0. The minimum absolute atomic E-state index is 0.189. The highest BCUT2D eigenvalue weighted by atomic mass is 16.5. The molecule has 26 heavy (non-hydrogen) atoms. The number of ether oxygens (including phenoxy) is 1. The molecule has 7 heteroatoms. The third-order valence-corrected chi connectivity index (χ3v) is 5.84. The van der Waals surface area contributed by atoms with E-state index in [1.165, 1.54) is 25.5 Å². The normalized spacial score (nSPS) is 22.5. The summed E-state index contributed by atoms with van der Waals surface area (Å²) in [6.45, 7) is 6.09. The Labute approximate surface area is 155 Å². The van der Waals surface area contributed by atoms with Gasteiger partial charge in [0, 0.05) is 31.0 Å². The maximum absolute atomic E-state index is 11.6. The number of likely N-dealkylation sites (N-methyl/N-ethyl adjacent to an activating group) is 1. The van der Waals surface area contributed by atoms with E-state index in [0.717, 1.165) is 57.6 Å². The first-order valence-electron chi connectivity index (χ1n) is 9.78. The van der Waals surface area contributed by atoms with Gasteiger partial charge in [-0.3, -0.25) is 0 Å². The summed E-state index contributed by atoms with van der Waals surface area (Å²) in [5.74, 6) is 0.989. The Morgan fingerprint density at radius 2 is 2.31 bits per heavy atom. The Bertz CT molecular complexity index is 624. The number of likely N-dealkylation sites (tertiary alicyclic amines) is 1. The quantitative estimate of drug-likeness (QED) is 0.835. The third-order valence-electron chi connectivity index (χ3n) is 5.84. The molecule has 2 atom stereocenters. The molecule has 1 saturated heterocycles. The minimum atomic E-state index is -0.189. The highest BCUT2D eigenvalue weighted by molar-refractivity contribution is 5.67. The van der Waals surface area contributed by atoms with Gasteiger partial charge in [0.15, 0.2) is 0 Å². The van der Waals surface area contributed by atoms with Crippen molar-refractivity contribution in [2.24, 2.45) is 5.92 Å². The van der Waals surface area contributed by atoms with E-state index in [1.807, 2.05) is 11.1 Å². The molecule has 0 aromatic carbocycles. The second-order valence-corrected chi connectivity index (χ2v) is 7.44. The van der Waals surface area contributed by atoms with Crippen molar-refractivity contribution < 1.29 is 9.53 Å². The van der Waals surface area contributed by atoms with Crippen molar-refractivity contribution in [3.63, 3.8) is 0 Å². The van der Waals surface area contributed by atoms with Crippen molar-refractivity contribution in [2.75, 3.05) is 39.0 Å². The summed E-state index contributed by atoms with van der Waals surface area (Å²) in [5, 5.41) is 0. The number of fused-ring (bicyclic) bond motifs is 1. The first-order chi connectivity index (χ1) is 12.6. The Morgan fingerprint density at radius 3 is 3.08 bits per heavy atom. The van der Waals surface area contributed by atoms with Crippen molar-refractivity contribution in [3.8, 4) is 0 Å². The highest BCUT2D eigenvalue weighted by Gasteiger charge is 2.28. The van der Waals surface area contributed by atoms with Gasteiger partial charge < -0.3 is 20.3 Å². The number of aryl methyl sites for hydroxylation is 1. The van der Waals surface area contributed by atoms with Crippen LogP contribution < -0.4 is 5.73 Å². The molecule has 2 unspecified atom stereocenters. The molecule has 0 radical (unpaired) electrons. The number of nitrogens with two attached hydrogens (primary N) is 1. The maximum Gasteiger partial charge on any atom is 0.409 e. The number of nitrogens with zero attached hydrogens (tertiary/aromatic N) is 4. The molecule has 7 nitrogen and oxygen atoms in total. The highest BCUT2D eigenvalue weighted by Crippen LogP contribution is 2.25. The standard InChI is InChI=1S/C19H31N5O2/c1-3-23(9-4-5-14-8-10-24(13-14)19(25)26-2)16-6-7-17-15(11-16)12-21-18(20)22-17/h12,14,16H,3-11,13H2,1-2H3,(H2,20,21,22). The van der Waals surface area contributed by atoms with E-state index in [0.29, 0.717) is 17.9 Å². The Kier molecular flexibility index (Phi) is 6.29. The number of aromatic nitrogens is 2. The number of anilines is 1. The molecule has 1 aromatic heterocycles. The van der Waals surface area contributed by atoms with Gasteiger partial charge in [-0.2, -0.15) is 0 Å². The Hall–Kier alpha value is -1.89. The van der Waals surface area contributed by atoms with Crippen molar-refractivity contribution in [2.45, 2.75) is 51.5 Å². The zero-order valence-corrected chi connectivity index (χ0v) is 16.0. The SMILES string of the molecule is CCN(CCCC1CCN(C(=O)OC)C1)C1CCc2nc(N)ncc2C1. The summed E-state index contributed by atoms with van der Waals surface area (Å²) in [5.41, 5.74) is 8.07. The van der Waals surface area contributed by atoms with Gasteiger partial charge in [-0.25, -0.2) is 14.8 Å². The average Bonchev–Trinajstić information content (AvgIpc) is 3.13. The summed E-state index contributed by atoms with van der Waals surface area (Å²) in [6.07, 6.45) is 8.29. The van der Waals surface area contributed by atoms with Crippen LogP contribution in [0.2, 0.25) is 0 Å². The number of amides is 1. The molecule has 1 aromatic rings. The fourth-order valence-electron chi connectivity index (χ4n) is 4.36. The summed E-state index contributed by atoms with van der Waals surface area (Å²) in [7, 11) is 1.45. The lowest BCUT2D eigenvalue weighted by molar-refractivity contribution is 0.131. The van der Waals surface area contributed by atoms with Crippen LogP contribution in [0.4, 0.5) is 10.7 Å². The minimum Gasteiger partial charge on any atom is -0.453 e. The van der Waals surface area contributed by atoms with Gasteiger partial charge in [-0.1, -0.05) is 6.92 Å². The Balaban J connectivity index is 1.45. The number of methoxy groups -OCH3 is 1. The van der Waals surface area contributed by atoms with Crippen LogP contribution in [0.15, 0.2) is 6.20 Å². The maximum atomic E-state index is 11.6. The average molecular weight is 361 g/mol. The summed E-state index contributed by atoms with van der Waals surface area (Å²) in [6, 6.07) is 0.565. The van der Waals surface area contributed by atoms with Crippen molar-refractivity contribution in [3.05, 3.63) is 17.5 Å². The first kappa shape index (κ1) is 18.9. The van der Waals surface area contributed by atoms with Crippen LogP contribution in [0, 0.1) is 5.92 Å². The van der Waals surface area contributed by atoms with Crippen LogP contribution in [0.1, 0.15) is 43.9 Å². The molecule has 0 spiro atoms. The molecular weight excluding hydrogens is 330 g/mol. The molecule has 1 amide bonds. The van der Waals surface area contributed by atoms with E-state index < -0.39 is 0 Å². The summed E-state index contributed by atoms with van der Waals surface area (Å²) < 4.78 is 4.82. The predicted octanol–water partition coefficient (Wildman–Crippen LogP) is 2.11. The molecule has 144 valence electrons. The van der Waals surface area contributed by atoms with E-state index in [2.05, 4.69) is 21.8 Å². The number of carbonyl (C=O) groups excluding carboxylic acids is 1. The molecule has 1 aliphatic carbocycles. The van der Waals surface area contributed by atoms with Gasteiger partial charge in [0.05, 0.1) is 7.11 Å². The van der Waals surface area contributed by atoms with E-state index in [9.17, 15) is 4.79 Å². The van der Waals surface area contributed by atoms with Crippen LogP contribution >= 0.6 is 0 Å². The van der Waals surface area contributed by atoms with E-state index in [-0.39, 0.29) is 6.09 Å². The molecular formula is C19H31N5O2. The van der Waals surface area contributed by atoms with E-state index in [1.54, 1.807) is 0 Å². The number of hydrogen-bond acceptors (Lipinski definition) is 6. The number of rotatable bonds is 6. The summed E-state index contributed by atoms with van der Waals surface area (Å²) in [4.78, 5) is 24.6. The lowest BCUT2D eigenvalue weighted by Gasteiger charge is -2.34. The van der Waals surface area contributed by atoms with Crippen molar-refractivity contribution in [1.82, 2.24) is 19.8 Å². The van der Waals surface area contributed by atoms with Crippen molar-refractivity contribution >= 4 is 12.0 Å². The zero-order chi connectivity index (χ0) is 18.5. The number of carbonyl (C=O) groups is 1.